The second-order valence-corrected chi connectivity index (χ2v) is 12.9. The molecule has 16 heteroatoms. The molecule has 11 nitrogen and oxygen atoms in total. The van der Waals surface area contributed by atoms with E-state index in [4.69, 9.17) is 10.8 Å². The van der Waals surface area contributed by atoms with Gasteiger partial charge in [0.1, 0.15) is 16.8 Å². The lowest BCUT2D eigenvalue weighted by atomic mass is 9.89. The maximum atomic E-state index is 12.7. The van der Waals surface area contributed by atoms with Crippen molar-refractivity contribution in [1.82, 2.24) is 25.4 Å². The molecule has 2 unspecified atom stereocenters. The number of carbonyl (C=O) groups excluding carboxylic acids is 2. The Bertz CT molecular complexity index is 1050. The second-order valence-electron chi connectivity index (χ2n) is 7.35. The molecule has 2 aliphatic heterocycles. The first kappa shape index (κ1) is 24.5. The smallest absolute Gasteiger partial charge is 0.313 e. The first-order valence-corrected chi connectivity index (χ1v) is 14.4. The summed E-state index contributed by atoms with van der Waals surface area (Å²) in [6.07, 6.45) is 0.0327. The number of carbonyl (C=O) groups is 3. The standard InChI is InChI=1S/C17H20N6O5S5/c18-14-19-8(4-30-14)3-9(25)20-10-11(26)23-5-17(13(27)28,6-31-12(10)23)7-32-16-22-21-15(33-16)29-2-1-24/h4,10,12,24H,1-3,5-7H2,(H2,18,19)(H,20,25)(H,27,28)/t10?,12-,17?/m1/s1. The van der Waals surface area contributed by atoms with Crippen LogP contribution in [0.25, 0.3) is 0 Å². The van der Waals surface area contributed by atoms with E-state index in [0.717, 1.165) is 0 Å². The van der Waals surface area contributed by atoms with Crippen molar-refractivity contribution in [3.63, 3.8) is 0 Å². The zero-order valence-corrected chi connectivity index (χ0v) is 21.1. The minimum Gasteiger partial charge on any atom is -0.481 e. The highest BCUT2D eigenvalue weighted by atomic mass is 32.2. The Morgan fingerprint density at radius 3 is 2.76 bits per heavy atom. The normalized spacial score (nSPS) is 24.3. The number of anilines is 1. The number of fused-ring (bicyclic) bond motifs is 1. The highest BCUT2D eigenvalue weighted by Crippen LogP contribution is 2.45. The van der Waals surface area contributed by atoms with Crippen molar-refractivity contribution in [2.24, 2.45) is 5.41 Å². The Balaban J connectivity index is 1.33. The number of nitrogens with zero attached hydrogens (tertiary/aromatic N) is 4. The molecule has 5 N–H and O–H groups in total. The number of hydrogen-bond acceptors (Lipinski definition) is 13. The summed E-state index contributed by atoms with van der Waals surface area (Å²) in [6, 6.07) is -0.674. The first-order chi connectivity index (χ1) is 15.8. The molecule has 2 amide bonds. The van der Waals surface area contributed by atoms with Crippen LogP contribution in [0.4, 0.5) is 5.13 Å². The number of amides is 2. The van der Waals surface area contributed by atoms with Gasteiger partial charge in [-0.3, -0.25) is 14.4 Å². The van der Waals surface area contributed by atoms with Crippen LogP contribution in [-0.2, 0) is 20.8 Å². The molecule has 4 rings (SSSR count). The largest absolute Gasteiger partial charge is 0.481 e. The second kappa shape index (κ2) is 10.4. The quantitative estimate of drug-likeness (QED) is 0.239. The van der Waals surface area contributed by atoms with Crippen LogP contribution in [0.3, 0.4) is 0 Å². The monoisotopic (exact) mass is 548 g/mol. The summed E-state index contributed by atoms with van der Waals surface area (Å²) in [5.74, 6) is -0.509. The van der Waals surface area contributed by atoms with E-state index in [9.17, 15) is 19.5 Å². The van der Waals surface area contributed by atoms with Gasteiger partial charge in [0.05, 0.1) is 18.7 Å². The van der Waals surface area contributed by atoms with Gasteiger partial charge in [-0.15, -0.1) is 33.3 Å². The number of thioether (sulfide) groups is 3. The summed E-state index contributed by atoms with van der Waals surface area (Å²) in [4.78, 5) is 42.8. The van der Waals surface area contributed by atoms with Gasteiger partial charge in [-0.25, -0.2) is 4.98 Å². The lowest BCUT2D eigenvalue weighted by Crippen LogP contribution is -2.74. The van der Waals surface area contributed by atoms with Crippen LogP contribution in [0.1, 0.15) is 5.69 Å². The van der Waals surface area contributed by atoms with Crippen LogP contribution in [0.2, 0.25) is 0 Å². The topological polar surface area (TPSA) is 172 Å². The molecule has 178 valence electrons. The zero-order valence-electron chi connectivity index (χ0n) is 17.0. The van der Waals surface area contributed by atoms with E-state index in [1.807, 2.05) is 0 Å². The molecular weight excluding hydrogens is 529 g/mol. The van der Waals surface area contributed by atoms with Crippen molar-refractivity contribution >= 4 is 80.9 Å². The van der Waals surface area contributed by atoms with E-state index in [-0.39, 0.29) is 42.5 Å². The number of aromatic nitrogens is 3. The van der Waals surface area contributed by atoms with Crippen molar-refractivity contribution in [2.45, 2.75) is 26.5 Å². The molecule has 0 radical (unpaired) electrons. The van der Waals surface area contributed by atoms with Gasteiger partial charge < -0.3 is 26.2 Å². The zero-order chi connectivity index (χ0) is 23.6. The Morgan fingerprint density at radius 1 is 1.33 bits per heavy atom. The lowest BCUT2D eigenvalue weighted by molar-refractivity contribution is -0.157. The summed E-state index contributed by atoms with van der Waals surface area (Å²) in [5, 5.41) is 31.5. The first-order valence-electron chi connectivity index (χ1n) is 9.66. The number of aliphatic carboxylic acids is 1. The van der Waals surface area contributed by atoms with Gasteiger partial charge in [-0.2, -0.15) is 0 Å². The number of aliphatic hydroxyl groups is 1. The Morgan fingerprint density at radius 2 is 2.09 bits per heavy atom. The van der Waals surface area contributed by atoms with Gasteiger partial charge in [-0.05, 0) is 0 Å². The van der Waals surface area contributed by atoms with E-state index in [1.165, 1.54) is 62.9 Å². The third-order valence-corrected chi connectivity index (χ3v) is 10.8. The predicted molar refractivity (Wildman–Crippen MR) is 129 cm³/mol. The van der Waals surface area contributed by atoms with Gasteiger partial charge in [0.15, 0.2) is 13.8 Å². The van der Waals surface area contributed by atoms with Gasteiger partial charge >= 0.3 is 5.97 Å². The molecule has 0 spiro atoms. The number of hydrogen-bond donors (Lipinski definition) is 4. The third kappa shape index (κ3) is 5.40. The SMILES string of the molecule is Nc1nc(CC(=O)NC2C(=O)N3CC(CSc4nnc(SCCO)s4)(C(=O)O)CS[C@H]23)cs1. The Labute approximate surface area is 209 Å². The van der Waals surface area contributed by atoms with Gasteiger partial charge in [-0.1, -0.05) is 34.9 Å². The fourth-order valence-corrected chi connectivity index (χ4v) is 8.60. The van der Waals surface area contributed by atoms with Crippen molar-refractivity contribution in [3.05, 3.63) is 11.1 Å². The molecule has 4 heterocycles. The summed E-state index contributed by atoms with van der Waals surface area (Å²) in [6.45, 7) is 0.115. The van der Waals surface area contributed by atoms with Crippen LogP contribution < -0.4 is 11.1 Å². The number of rotatable bonds is 10. The minimum absolute atomic E-state index is 0.0327. The summed E-state index contributed by atoms with van der Waals surface area (Å²) < 4.78 is 1.36. The van der Waals surface area contributed by atoms with Crippen LogP contribution in [-0.4, -0.2) is 89.9 Å². The van der Waals surface area contributed by atoms with Crippen molar-refractivity contribution in [1.29, 1.82) is 0 Å². The maximum absolute atomic E-state index is 12.7. The molecule has 0 aromatic carbocycles. The number of nitrogen functional groups attached to an aromatic ring is 1. The van der Waals surface area contributed by atoms with Crippen LogP contribution in [0, 0.1) is 5.41 Å². The average Bonchev–Trinajstić information content (AvgIpc) is 3.42. The minimum atomic E-state index is -1.13. The molecular formula is C17H20N6O5S5. The van der Waals surface area contributed by atoms with Gasteiger partial charge in [0.2, 0.25) is 11.8 Å². The molecule has 0 saturated carbocycles. The molecule has 0 bridgehead atoms. The van der Waals surface area contributed by atoms with E-state index in [2.05, 4.69) is 20.5 Å². The Kier molecular flexibility index (Phi) is 7.69. The van der Waals surface area contributed by atoms with Crippen LogP contribution >= 0.6 is 58.0 Å². The van der Waals surface area contributed by atoms with E-state index < -0.39 is 17.4 Å². The van der Waals surface area contributed by atoms with Crippen molar-refractivity contribution in [2.75, 3.05) is 36.1 Å². The molecule has 2 fully saturated rings. The molecule has 33 heavy (non-hydrogen) atoms. The van der Waals surface area contributed by atoms with E-state index in [0.29, 0.717) is 31.0 Å². The number of carboxylic acids is 1. The molecule has 2 aromatic heterocycles. The average molecular weight is 549 g/mol. The lowest BCUT2D eigenvalue weighted by Gasteiger charge is -2.53. The van der Waals surface area contributed by atoms with Crippen molar-refractivity contribution in [3.8, 4) is 0 Å². The van der Waals surface area contributed by atoms with Gasteiger partial charge in [0, 0.05) is 29.2 Å². The molecule has 2 aromatic rings. The van der Waals surface area contributed by atoms with E-state index >= 15 is 0 Å². The maximum Gasteiger partial charge on any atom is 0.313 e. The fourth-order valence-electron chi connectivity index (χ4n) is 3.35. The van der Waals surface area contributed by atoms with Crippen LogP contribution in [0.5, 0.6) is 0 Å². The number of carboxylic acid groups (broad SMARTS) is 1. The number of thiazole rings is 1. The predicted octanol–water partition coefficient (Wildman–Crippen LogP) is 0.467. The number of β-lactam (4-membered cyclic amide) rings is 1. The third-order valence-electron chi connectivity index (χ3n) is 5.00. The highest BCUT2D eigenvalue weighted by Gasteiger charge is 2.57. The van der Waals surface area contributed by atoms with Crippen LogP contribution in [0.15, 0.2) is 14.1 Å². The molecule has 3 atom stereocenters. The number of nitrogens with two attached hydrogens (primary N) is 1. The fraction of sp³-hybridized carbons (Fsp3) is 0.529. The Hall–Kier alpha value is -1.59. The molecule has 2 saturated heterocycles. The summed E-state index contributed by atoms with van der Waals surface area (Å²) in [5.41, 5.74) is 5.00. The summed E-state index contributed by atoms with van der Waals surface area (Å²) >= 11 is 6.65. The van der Waals surface area contributed by atoms with Crippen molar-refractivity contribution < 1.29 is 24.6 Å². The molecule has 0 aliphatic carbocycles. The number of aliphatic hydroxyl groups excluding tert-OH is 1. The highest BCUT2D eigenvalue weighted by molar-refractivity contribution is 8.03. The van der Waals surface area contributed by atoms with Gasteiger partial charge in [0.25, 0.3) is 0 Å². The molecule has 2 aliphatic rings. The summed E-state index contributed by atoms with van der Waals surface area (Å²) in [7, 11) is 0. The number of nitrogens with one attached hydrogen (secondary N) is 1. The van der Waals surface area contributed by atoms with E-state index in [1.54, 1.807) is 5.38 Å².